The molecule has 0 heterocycles. The number of hydrogen-bond donors (Lipinski definition) is 1. The van der Waals surface area contributed by atoms with Gasteiger partial charge in [0.1, 0.15) is 5.75 Å². The fourth-order valence-corrected chi connectivity index (χ4v) is 4.47. The summed E-state index contributed by atoms with van der Waals surface area (Å²) in [6.45, 7) is 3.74. The molecule has 0 bridgehead atoms. The minimum Gasteiger partial charge on any atom is -0.495 e. The number of ether oxygens (including phenoxy) is 1. The fraction of sp³-hybridized carbons (Fsp3) is 0.381. The van der Waals surface area contributed by atoms with Gasteiger partial charge in [-0.15, -0.1) is 0 Å². The molecule has 0 radical (unpaired) electrons. The second-order valence-electron chi connectivity index (χ2n) is 6.75. The monoisotopic (exact) mass is 438 g/mol. The summed E-state index contributed by atoms with van der Waals surface area (Å²) >= 11 is 6.12. The molecule has 2 rings (SSSR count). The molecule has 1 atom stereocenters. The number of hydrogen-bond acceptors (Lipinski definition) is 4. The molecule has 0 aliphatic heterocycles. The summed E-state index contributed by atoms with van der Waals surface area (Å²) in [6, 6.07) is 13.8. The number of carbonyl (C=O) groups excluding carboxylic acids is 1. The maximum atomic E-state index is 13.2. The number of amides is 1. The van der Waals surface area contributed by atoms with Crippen molar-refractivity contribution in [1.29, 1.82) is 0 Å². The van der Waals surface area contributed by atoms with E-state index in [1.165, 1.54) is 29.6 Å². The second kappa shape index (κ2) is 10.6. The number of halogens is 1. The van der Waals surface area contributed by atoms with Crippen molar-refractivity contribution in [2.45, 2.75) is 37.6 Å². The Morgan fingerprint density at radius 3 is 2.48 bits per heavy atom. The van der Waals surface area contributed by atoms with Gasteiger partial charge in [-0.1, -0.05) is 48.9 Å². The van der Waals surface area contributed by atoms with Gasteiger partial charge in [-0.2, -0.15) is 4.31 Å². The molecule has 0 aliphatic rings. The van der Waals surface area contributed by atoms with E-state index < -0.39 is 10.0 Å². The number of methoxy groups -OCH3 is 1. The molecule has 0 saturated heterocycles. The zero-order valence-corrected chi connectivity index (χ0v) is 18.5. The van der Waals surface area contributed by atoms with Crippen molar-refractivity contribution in [3.63, 3.8) is 0 Å². The SMILES string of the molecule is CC[C@@H](C)NC(=O)CN(CCc1ccccc1)S(=O)(=O)c1ccc(OC)c(Cl)c1. The van der Waals surface area contributed by atoms with Crippen LogP contribution in [-0.4, -0.2) is 44.9 Å². The Kier molecular flexibility index (Phi) is 8.49. The van der Waals surface area contributed by atoms with Crippen LogP contribution in [0.2, 0.25) is 5.02 Å². The molecular formula is C21H27ClN2O4S. The Morgan fingerprint density at radius 1 is 1.21 bits per heavy atom. The number of benzene rings is 2. The van der Waals surface area contributed by atoms with Crippen molar-refractivity contribution in [2.75, 3.05) is 20.2 Å². The average molecular weight is 439 g/mol. The van der Waals surface area contributed by atoms with Crippen molar-refractivity contribution in [1.82, 2.24) is 9.62 Å². The van der Waals surface area contributed by atoms with Crippen LogP contribution in [0.4, 0.5) is 0 Å². The van der Waals surface area contributed by atoms with E-state index in [4.69, 9.17) is 16.3 Å². The maximum Gasteiger partial charge on any atom is 0.243 e. The lowest BCUT2D eigenvalue weighted by atomic mass is 10.1. The van der Waals surface area contributed by atoms with Crippen LogP contribution in [0.1, 0.15) is 25.8 Å². The first-order valence-corrected chi connectivity index (χ1v) is 11.3. The van der Waals surface area contributed by atoms with E-state index in [1.54, 1.807) is 0 Å². The van der Waals surface area contributed by atoms with Gasteiger partial charge >= 0.3 is 0 Å². The molecule has 2 aromatic carbocycles. The van der Waals surface area contributed by atoms with E-state index in [0.29, 0.717) is 12.2 Å². The molecule has 1 amide bonds. The van der Waals surface area contributed by atoms with Gasteiger partial charge in [0.05, 0.1) is 23.6 Å². The summed E-state index contributed by atoms with van der Waals surface area (Å²) in [7, 11) is -2.46. The number of rotatable bonds is 10. The quantitative estimate of drug-likeness (QED) is 0.616. The molecule has 0 fully saturated rings. The van der Waals surface area contributed by atoms with E-state index in [2.05, 4.69) is 5.32 Å². The lowest BCUT2D eigenvalue weighted by Crippen LogP contribution is -2.44. The Labute approximate surface area is 177 Å². The lowest BCUT2D eigenvalue weighted by Gasteiger charge is -2.23. The van der Waals surface area contributed by atoms with Gasteiger partial charge < -0.3 is 10.1 Å². The van der Waals surface area contributed by atoms with Crippen LogP contribution in [0.15, 0.2) is 53.4 Å². The van der Waals surface area contributed by atoms with Crippen molar-refractivity contribution in [3.8, 4) is 5.75 Å². The smallest absolute Gasteiger partial charge is 0.243 e. The third kappa shape index (κ3) is 6.45. The first-order valence-electron chi connectivity index (χ1n) is 9.45. The van der Waals surface area contributed by atoms with Crippen LogP contribution in [-0.2, 0) is 21.2 Å². The molecule has 0 saturated carbocycles. The number of carbonyl (C=O) groups is 1. The van der Waals surface area contributed by atoms with E-state index in [9.17, 15) is 13.2 Å². The average Bonchev–Trinajstić information content (AvgIpc) is 2.71. The zero-order chi connectivity index (χ0) is 21.4. The van der Waals surface area contributed by atoms with Crippen LogP contribution in [0.3, 0.4) is 0 Å². The summed E-state index contributed by atoms with van der Waals surface area (Å²) in [5.41, 5.74) is 0.989. The van der Waals surface area contributed by atoms with Gasteiger partial charge in [-0.25, -0.2) is 8.42 Å². The minimum absolute atomic E-state index is 0.0210. The highest BCUT2D eigenvalue weighted by Gasteiger charge is 2.27. The summed E-state index contributed by atoms with van der Waals surface area (Å²) in [6.07, 6.45) is 1.25. The van der Waals surface area contributed by atoms with E-state index in [1.807, 2.05) is 44.2 Å². The molecule has 29 heavy (non-hydrogen) atoms. The van der Waals surface area contributed by atoms with Crippen molar-refractivity contribution >= 4 is 27.5 Å². The molecule has 0 aliphatic carbocycles. The fourth-order valence-electron chi connectivity index (χ4n) is 2.72. The van der Waals surface area contributed by atoms with Gasteiger partial charge in [-0.3, -0.25) is 4.79 Å². The van der Waals surface area contributed by atoms with Gasteiger partial charge in [0, 0.05) is 12.6 Å². The lowest BCUT2D eigenvalue weighted by molar-refractivity contribution is -0.121. The molecule has 158 valence electrons. The van der Waals surface area contributed by atoms with Crippen molar-refractivity contribution in [3.05, 3.63) is 59.1 Å². The van der Waals surface area contributed by atoms with E-state index in [0.717, 1.165) is 12.0 Å². The topological polar surface area (TPSA) is 75.7 Å². The highest BCUT2D eigenvalue weighted by atomic mass is 35.5. The largest absolute Gasteiger partial charge is 0.495 e. The molecule has 1 N–H and O–H groups in total. The normalized spacial score (nSPS) is 12.6. The van der Waals surface area contributed by atoms with Crippen molar-refractivity contribution < 1.29 is 17.9 Å². The standard InChI is InChI=1S/C21H27ClN2O4S/c1-4-16(2)23-21(25)15-24(13-12-17-8-6-5-7-9-17)29(26,27)18-10-11-20(28-3)19(22)14-18/h5-11,14,16H,4,12-13,15H2,1-3H3,(H,23,25)/t16-/m1/s1. The Morgan fingerprint density at radius 2 is 1.90 bits per heavy atom. The first-order chi connectivity index (χ1) is 13.8. The van der Waals surface area contributed by atoms with Crippen LogP contribution in [0, 0.1) is 0 Å². The van der Waals surface area contributed by atoms with Gasteiger partial charge in [0.25, 0.3) is 0 Å². The number of sulfonamides is 1. The van der Waals surface area contributed by atoms with Gasteiger partial charge in [0.15, 0.2) is 0 Å². The third-order valence-electron chi connectivity index (χ3n) is 4.59. The van der Waals surface area contributed by atoms with Gasteiger partial charge in [-0.05, 0) is 43.5 Å². The highest BCUT2D eigenvalue weighted by Crippen LogP contribution is 2.28. The van der Waals surface area contributed by atoms with Crippen LogP contribution in [0.25, 0.3) is 0 Å². The van der Waals surface area contributed by atoms with Gasteiger partial charge in [0.2, 0.25) is 15.9 Å². The summed E-state index contributed by atoms with van der Waals surface area (Å²) < 4.78 is 32.8. The Bertz CT molecular complexity index is 920. The number of nitrogens with zero attached hydrogens (tertiary/aromatic N) is 1. The molecular weight excluding hydrogens is 412 g/mol. The Hall–Kier alpha value is -2.09. The third-order valence-corrected chi connectivity index (χ3v) is 6.73. The molecule has 0 aromatic heterocycles. The first kappa shape index (κ1) is 23.2. The van der Waals surface area contributed by atoms with Crippen LogP contribution >= 0.6 is 11.6 Å². The predicted molar refractivity (Wildman–Crippen MR) is 115 cm³/mol. The summed E-state index contributed by atoms with van der Waals surface area (Å²) in [5.74, 6) is 0.0477. The Balaban J connectivity index is 2.28. The zero-order valence-electron chi connectivity index (χ0n) is 16.9. The maximum absolute atomic E-state index is 13.2. The van der Waals surface area contributed by atoms with Crippen molar-refractivity contribution in [2.24, 2.45) is 0 Å². The second-order valence-corrected chi connectivity index (χ2v) is 9.09. The van der Waals surface area contributed by atoms with Crippen LogP contribution in [0.5, 0.6) is 5.75 Å². The molecule has 6 nitrogen and oxygen atoms in total. The minimum atomic E-state index is -3.92. The highest BCUT2D eigenvalue weighted by molar-refractivity contribution is 7.89. The molecule has 0 unspecified atom stereocenters. The van der Waals surface area contributed by atoms with E-state index in [-0.39, 0.29) is 35.0 Å². The summed E-state index contributed by atoms with van der Waals surface area (Å²) in [4.78, 5) is 12.4. The van der Waals surface area contributed by atoms with E-state index >= 15 is 0 Å². The number of nitrogens with one attached hydrogen (secondary N) is 1. The summed E-state index contributed by atoms with van der Waals surface area (Å²) in [5, 5.41) is 3.02. The molecule has 2 aromatic rings. The van der Waals surface area contributed by atoms with Crippen LogP contribution < -0.4 is 10.1 Å². The predicted octanol–water partition coefficient (Wildman–Crippen LogP) is 3.50. The molecule has 8 heteroatoms. The molecule has 0 spiro atoms.